The van der Waals surface area contributed by atoms with E-state index in [1.165, 1.54) is 11.3 Å². The number of pyridine rings is 2. The molecule has 0 saturated carbocycles. The van der Waals surface area contributed by atoms with Crippen LogP contribution in [0.25, 0.3) is 0 Å². The highest BCUT2D eigenvalue weighted by atomic mass is 32.1. The normalized spacial score (nSPS) is 13.5. The van der Waals surface area contributed by atoms with E-state index in [4.69, 9.17) is 0 Å². The monoisotopic (exact) mass is 393 g/mol. The van der Waals surface area contributed by atoms with Crippen molar-refractivity contribution in [1.29, 1.82) is 0 Å². The van der Waals surface area contributed by atoms with Gasteiger partial charge in [0, 0.05) is 60.8 Å². The molecule has 2 amide bonds. The lowest BCUT2D eigenvalue weighted by Gasteiger charge is -2.20. The molecule has 0 saturated heterocycles. The van der Waals surface area contributed by atoms with E-state index < -0.39 is 0 Å². The van der Waals surface area contributed by atoms with Crippen molar-refractivity contribution in [2.24, 2.45) is 0 Å². The van der Waals surface area contributed by atoms with Crippen LogP contribution in [0.1, 0.15) is 36.4 Å². The SMILES string of the molecule is Cc1ccc(C(=O)N2CCc3nc(C(=O)Nc4ccncc4)sc3CC2)cn1. The highest BCUT2D eigenvalue weighted by molar-refractivity contribution is 7.13. The van der Waals surface area contributed by atoms with Crippen molar-refractivity contribution >= 4 is 28.8 Å². The molecule has 0 aliphatic carbocycles. The summed E-state index contributed by atoms with van der Waals surface area (Å²) >= 11 is 1.40. The number of fused-ring (bicyclic) bond motifs is 1. The zero-order valence-electron chi connectivity index (χ0n) is 15.4. The smallest absolute Gasteiger partial charge is 0.284 e. The highest BCUT2D eigenvalue weighted by Gasteiger charge is 2.24. The summed E-state index contributed by atoms with van der Waals surface area (Å²) in [7, 11) is 0. The van der Waals surface area contributed by atoms with Gasteiger partial charge >= 0.3 is 0 Å². The minimum atomic E-state index is -0.220. The summed E-state index contributed by atoms with van der Waals surface area (Å²) < 4.78 is 0. The Morgan fingerprint density at radius 1 is 1.11 bits per heavy atom. The first-order chi connectivity index (χ1) is 13.6. The average Bonchev–Trinajstić information content (AvgIpc) is 3.02. The van der Waals surface area contributed by atoms with Crippen LogP contribution in [0.15, 0.2) is 42.9 Å². The van der Waals surface area contributed by atoms with Gasteiger partial charge in [-0.25, -0.2) is 4.98 Å². The van der Waals surface area contributed by atoms with E-state index in [9.17, 15) is 9.59 Å². The first-order valence-corrected chi connectivity index (χ1v) is 9.83. The molecule has 28 heavy (non-hydrogen) atoms. The van der Waals surface area contributed by atoms with Crippen LogP contribution >= 0.6 is 11.3 Å². The third kappa shape index (κ3) is 3.91. The van der Waals surface area contributed by atoms with E-state index in [1.54, 1.807) is 30.7 Å². The first-order valence-electron chi connectivity index (χ1n) is 9.02. The van der Waals surface area contributed by atoms with Crippen molar-refractivity contribution in [3.63, 3.8) is 0 Å². The van der Waals surface area contributed by atoms with E-state index in [0.29, 0.717) is 42.2 Å². The number of amides is 2. The second-order valence-corrected chi connectivity index (χ2v) is 7.64. The second-order valence-electron chi connectivity index (χ2n) is 6.56. The zero-order valence-corrected chi connectivity index (χ0v) is 16.2. The Morgan fingerprint density at radius 2 is 1.89 bits per heavy atom. The predicted octanol–water partition coefficient (Wildman–Crippen LogP) is 2.73. The van der Waals surface area contributed by atoms with E-state index >= 15 is 0 Å². The Morgan fingerprint density at radius 3 is 2.64 bits per heavy atom. The van der Waals surface area contributed by atoms with E-state index in [-0.39, 0.29) is 11.8 Å². The molecule has 4 rings (SSSR count). The van der Waals surface area contributed by atoms with Crippen LogP contribution in [0.3, 0.4) is 0 Å². The van der Waals surface area contributed by atoms with E-state index in [2.05, 4.69) is 20.3 Å². The maximum absolute atomic E-state index is 12.7. The summed E-state index contributed by atoms with van der Waals surface area (Å²) in [5.74, 6) is -0.235. The zero-order chi connectivity index (χ0) is 19.5. The molecule has 0 bridgehead atoms. The molecule has 142 valence electrons. The number of nitrogens with one attached hydrogen (secondary N) is 1. The number of hydrogen-bond donors (Lipinski definition) is 1. The van der Waals surface area contributed by atoms with Gasteiger partial charge in [0.2, 0.25) is 0 Å². The van der Waals surface area contributed by atoms with Crippen LogP contribution in [0.4, 0.5) is 5.69 Å². The molecule has 0 atom stereocenters. The van der Waals surface area contributed by atoms with Crippen LogP contribution < -0.4 is 5.32 Å². The number of nitrogens with zero attached hydrogens (tertiary/aromatic N) is 4. The Balaban J connectivity index is 1.43. The quantitative estimate of drug-likeness (QED) is 0.739. The fourth-order valence-electron chi connectivity index (χ4n) is 3.06. The third-order valence-corrected chi connectivity index (χ3v) is 5.74. The Bertz CT molecular complexity index is 976. The van der Waals surface area contributed by atoms with Gasteiger partial charge in [0.1, 0.15) is 0 Å². The van der Waals surface area contributed by atoms with Gasteiger partial charge < -0.3 is 10.2 Å². The van der Waals surface area contributed by atoms with Crippen LogP contribution in [0, 0.1) is 6.92 Å². The van der Waals surface area contributed by atoms with Crippen LogP contribution in [0.2, 0.25) is 0 Å². The minimum Gasteiger partial charge on any atom is -0.338 e. The number of carbonyl (C=O) groups is 2. The molecule has 0 unspecified atom stereocenters. The molecular weight excluding hydrogens is 374 g/mol. The Hall–Kier alpha value is -3.13. The molecule has 3 aromatic heterocycles. The molecule has 3 aromatic rings. The van der Waals surface area contributed by atoms with Crippen molar-refractivity contribution in [2.75, 3.05) is 18.4 Å². The van der Waals surface area contributed by atoms with Crippen molar-refractivity contribution in [2.45, 2.75) is 19.8 Å². The predicted molar refractivity (Wildman–Crippen MR) is 107 cm³/mol. The van der Waals surface area contributed by atoms with Gasteiger partial charge in [0.25, 0.3) is 11.8 Å². The van der Waals surface area contributed by atoms with Gasteiger partial charge in [0.15, 0.2) is 5.01 Å². The van der Waals surface area contributed by atoms with Gasteiger partial charge in [-0.1, -0.05) is 0 Å². The fourth-order valence-corrected chi connectivity index (χ4v) is 4.05. The van der Waals surface area contributed by atoms with E-state index in [1.807, 2.05) is 24.0 Å². The lowest BCUT2D eigenvalue weighted by molar-refractivity contribution is 0.0762. The maximum Gasteiger partial charge on any atom is 0.284 e. The minimum absolute atomic E-state index is 0.0155. The highest BCUT2D eigenvalue weighted by Crippen LogP contribution is 2.24. The van der Waals surface area contributed by atoms with Crippen molar-refractivity contribution in [3.8, 4) is 0 Å². The second kappa shape index (κ2) is 7.85. The summed E-state index contributed by atoms with van der Waals surface area (Å²) in [5.41, 5.74) is 3.08. The molecule has 0 spiro atoms. The van der Waals surface area contributed by atoms with Gasteiger partial charge in [-0.15, -0.1) is 11.3 Å². The summed E-state index contributed by atoms with van der Waals surface area (Å²) in [6.45, 7) is 3.08. The molecule has 1 aliphatic rings. The number of aromatic nitrogens is 3. The first kappa shape index (κ1) is 18.2. The average molecular weight is 393 g/mol. The molecule has 7 nitrogen and oxygen atoms in total. The standard InChI is InChI=1S/C20H19N5O2S/c1-13-2-3-14(12-22-13)20(27)25-10-6-16-17(7-11-25)28-19(24-16)18(26)23-15-4-8-21-9-5-15/h2-5,8-9,12H,6-7,10-11H2,1H3,(H,21,23,26). The van der Waals surface area contributed by atoms with Crippen LogP contribution in [0.5, 0.6) is 0 Å². The largest absolute Gasteiger partial charge is 0.338 e. The van der Waals surface area contributed by atoms with Crippen molar-refractivity contribution in [3.05, 3.63) is 69.7 Å². The lowest BCUT2D eigenvalue weighted by Crippen LogP contribution is -2.33. The summed E-state index contributed by atoms with van der Waals surface area (Å²) in [6.07, 6.45) is 6.21. The molecule has 1 aliphatic heterocycles. The Labute approximate surface area is 166 Å². The molecule has 0 aromatic carbocycles. The third-order valence-electron chi connectivity index (χ3n) is 4.58. The molecule has 0 fully saturated rings. The number of anilines is 1. The molecule has 4 heterocycles. The molecule has 8 heteroatoms. The lowest BCUT2D eigenvalue weighted by atomic mass is 10.2. The van der Waals surface area contributed by atoms with Crippen LogP contribution in [-0.2, 0) is 12.8 Å². The number of thiazole rings is 1. The van der Waals surface area contributed by atoms with E-state index in [0.717, 1.165) is 16.3 Å². The van der Waals surface area contributed by atoms with Gasteiger partial charge in [-0.2, -0.15) is 0 Å². The Kier molecular flexibility index (Phi) is 5.12. The van der Waals surface area contributed by atoms with Gasteiger partial charge in [-0.05, 0) is 31.2 Å². The fraction of sp³-hybridized carbons (Fsp3) is 0.250. The van der Waals surface area contributed by atoms with Gasteiger partial charge in [-0.3, -0.25) is 19.6 Å². The van der Waals surface area contributed by atoms with Crippen molar-refractivity contribution < 1.29 is 9.59 Å². The molecular formula is C20H19N5O2S. The topological polar surface area (TPSA) is 88.1 Å². The molecule has 0 radical (unpaired) electrons. The summed E-state index contributed by atoms with van der Waals surface area (Å²) in [4.78, 5) is 40.7. The molecule has 1 N–H and O–H groups in total. The number of rotatable bonds is 3. The maximum atomic E-state index is 12.7. The number of aryl methyl sites for hydroxylation is 1. The van der Waals surface area contributed by atoms with Gasteiger partial charge in [0.05, 0.1) is 11.3 Å². The number of hydrogen-bond acceptors (Lipinski definition) is 6. The summed E-state index contributed by atoms with van der Waals surface area (Å²) in [5, 5.41) is 3.28. The van der Waals surface area contributed by atoms with Crippen LogP contribution in [-0.4, -0.2) is 44.8 Å². The summed E-state index contributed by atoms with van der Waals surface area (Å²) in [6, 6.07) is 7.13. The van der Waals surface area contributed by atoms with Crippen molar-refractivity contribution in [1.82, 2.24) is 19.9 Å². The number of carbonyl (C=O) groups excluding carboxylic acids is 2.